The molecule has 8 heteroatoms. The first kappa shape index (κ1) is 12.9. The summed E-state index contributed by atoms with van der Waals surface area (Å²) in [5.74, 6) is -0.0806. The van der Waals surface area contributed by atoms with E-state index < -0.39 is 11.7 Å². The monoisotopic (exact) mass is 270 g/mol. The van der Waals surface area contributed by atoms with Crippen molar-refractivity contribution in [3.05, 3.63) is 47.8 Å². The number of hydrogen-bond donors (Lipinski definition) is 2. The van der Waals surface area contributed by atoms with Gasteiger partial charge in [-0.1, -0.05) is 5.16 Å². The van der Waals surface area contributed by atoms with Crippen LogP contribution in [-0.2, 0) is 6.18 Å². The Labute approximate surface area is 105 Å². The first-order valence-electron chi connectivity index (χ1n) is 5.12. The molecule has 0 aliphatic carbocycles. The number of oxime groups is 1. The van der Waals surface area contributed by atoms with Crippen LogP contribution in [0, 0.1) is 0 Å². The number of rotatable bonds is 2. The minimum atomic E-state index is -4.42. The van der Waals surface area contributed by atoms with Gasteiger partial charge < -0.3 is 10.9 Å². The van der Waals surface area contributed by atoms with Crippen molar-refractivity contribution in [1.29, 1.82) is 0 Å². The molecule has 19 heavy (non-hydrogen) atoms. The lowest BCUT2D eigenvalue weighted by atomic mass is 10.2. The van der Waals surface area contributed by atoms with Crippen molar-refractivity contribution < 1.29 is 18.4 Å². The van der Waals surface area contributed by atoms with Gasteiger partial charge in [-0.3, -0.25) is 0 Å². The summed E-state index contributed by atoms with van der Waals surface area (Å²) < 4.78 is 38.4. The third-order valence-corrected chi connectivity index (χ3v) is 2.45. The van der Waals surface area contributed by atoms with Gasteiger partial charge in [0, 0.05) is 11.8 Å². The van der Waals surface area contributed by atoms with E-state index in [-0.39, 0.29) is 5.84 Å². The van der Waals surface area contributed by atoms with Crippen molar-refractivity contribution in [3.63, 3.8) is 0 Å². The SMILES string of the molecule is NC(=NO)c1ccc(-n2cc(C(F)(F)F)cn2)cc1. The highest BCUT2D eigenvalue weighted by Crippen LogP contribution is 2.29. The maximum Gasteiger partial charge on any atom is 0.419 e. The lowest BCUT2D eigenvalue weighted by Crippen LogP contribution is -2.12. The molecule has 0 amide bonds. The number of nitrogens with zero attached hydrogens (tertiary/aromatic N) is 3. The molecular formula is C11H9F3N4O. The normalized spacial score (nSPS) is 12.7. The molecule has 0 saturated heterocycles. The van der Waals surface area contributed by atoms with E-state index in [1.165, 1.54) is 24.3 Å². The maximum absolute atomic E-state index is 12.4. The van der Waals surface area contributed by atoms with Gasteiger partial charge in [0.1, 0.15) is 0 Å². The Morgan fingerprint density at radius 1 is 1.26 bits per heavy atom. The van der Waals surface area contributed by atoms with E-state index in [1.54, 1.807) is 0 Å². The molecule has 0 radical (unpaired) electrons. The van der Waals surface area contributed by atoms with Gasteiger partial charge in [0.25, 0.3) is 0 Å². The zero-order valence-corrected chi connectivity index (χ0v) is 9.46. The summed E-state index contributed by atoms with van der Waals surface area (Å²) in [5.41, 5.74) is 5.44. The molecule has 0 bridgehead atoms. The van der Waals surface area contributed by atoms with Crippen molar-refractivity contribution in [2.24, 2.45) is 10.9 Å². The molecule has 100 valence electrons. The maximum atomic E-state index is 12.4. The average molecular weight is 270 g/mol. The minimum Gasteiger partial charge on any atom is -0.409 e. The van der Waals surface area contributed by atoms with Crippen LogP contribution in [-0.4, -0.2) is 20.8 Å². The van der Waals surface area contributed by atoms with Gasteiger partial charge in [0.2, 0.25) is 0 Å². The molecule has 0 unspecified atom stereocenters. The van der Waals surface area contributed by atoms with Crippen molar-refractivity contribution >= 4 is 5.84 Å². The van der Waals surface area contributed by atoms with Gasteiger partial charge in [0.15, 0.2) is 5.84 Å². The van der Waals surface area contributed by atoms with Crippen LogP contribution in [0.2, 0.25) is 0 Å². The summed E-state index contributed by atoms with van der Waals surface area (Å²) in [5, 5.41) is 14.9. The Hall–Kier alpha value is -2.51. The van der Waals surface area contributed by atoms with Crippen LogP contribution in [0.1, 0.15) is 11.1 Å². The largest absolute Gasteiger partial charge is 0.419 e. The number of benzene rings is 1. The Bertz CT molecular complexity index is 601. The number of hydrogen-bond acceptors (Lipinski definition) is 3. The molecule has 2 aromatic rings. The Morgan fingerprint density at radius 2 is 1.89 bits per heavy atom. The van der Waals surface area contributed by atoms with Crippen molar-refractivity contribution in [3.8, 4) is 5.69 Å². The molecule has 2 rings (SSSR count). The molecule has 5 nitrogen and oxygen atoms in total. The highest BCUT2D eigenvalue weighted by Gasteiger charge is 2.32. The summed E-state index contributed by atoms with van der Waals surface area (Å²) >= 11 is 0. The van der Waals surface area contributed by atoms with E-state index in [2.05, 4.69) is 10.3 Å². The molecule has 0 aliphatic rings. The highest BCUT2D eigenvalue weighted by atomic mass is 19.4. The Morgan fingerprint density at radius 3 is 2.37 bits per heavy atom. The van der Waals surface area contributed by atoms with Crippen LogP contribution >= 0.6 is 0 Å². The Kier molecular flexibility index (Phi) is 3.16. The van der Waals surface area contributed by atoms with Crippen molar-refractivity contribution in [2.75, 3.05) is 0 Å². The lowest BCUT2D eigenvalue weighted by molar-refractivity contribution is -0.137. The second-order valence-electron chi connectivity index (χ2n) is 3.70. The molecule has 0 fully saturated rings. The molecule has 1 heterocycles. The van der Waals surface area contributed by atoms with E-state index in [4.69, 9.17) is 10.9 Å². The first-order chi connectivity index (χ1) is 8.91. The summed E-state index contributed by atoms with van der Waals surface area (Å²) in [6.45, 7) is 0. The molecule has 1 aromatic heterocycles. The number of aromatic nitrogens is 2. The quantitative estimate of drug-likeness (QED) is 0.379. The molecule has 0 saturated carbocycles. The standard InChI is InChI=1S/C11H9F3N4O/c12-11(13,14)8-5-16-18(6-8)9-3-1-7(2-4-9)10(15)17-19/h1-6,19H,(H2,15,17). The molecule has 0 atom stereocenters. The second-order valence-corrected chi connectivity index (χ2v) is 3.70. The van der Waals surface area contributed by atoms with E-state index in [1.807, 2.05) is 0 Å². The fourth-order valence-electron chi connectivity index (χ4n) is 1.45. The fourth-order valence-corrected chi connectivity index (χ4v) is 1.45. The molecular weight excluding hydrogens is 261 g/mol. The van der Waals surface area contributed by atoms with Crippen LogP contribution in [0.3, 0.4) is 0 Å². The van der Waals surface area contributed by atoms with Gasteiger partial charge >= 0.3 is 6.18 Å². The van der Waals surface area contributed by atoms with Crippen LogP contribution in [0.4, 0.5) is 13.2 Å². The van der Waals surface area contributed by atoms with Gasteiger partial charge in [-0.15, -0.1) is 0 Å². The zero-order chi connectivity index (χ0) is 14.0. The predicted molar refractivity (Wildman–Crippen MR) is 61.1 cm³/mol. The fraction of sp³-hybridized carbons (Fsp3) is 0.0909. The summed E-state index contributed by atoms with van der Waals surface area (Å²) in [7, 11) is 0. The van der Waals surface area contributed by atoms with E-state index in [9.17, 15) is 13.2 Å². The minimum absolute atomic E-state index is 0.0806. The van der Waals surface area contributed by atoms with Crippen LogP contribution < -0.4 is 5.73 Å². The molecule has 3 N–H and O–H groups in total. The topological polar surface area (TPSA) is 76.4 Å². The summed E-state index contributed by atoms with van der Waals surface area (Å²) in [4.78, 5) is 0. The third-order valence-electron chi connectivity index (χ3n) is 2.45. The zero-order valence-electron chi connectivity index (χ0n) is 9.46. The van der Waals surface area contributed by atoms with Gasteiger partial charge in [-0.25, -0.2) is 4.68 Å². The average Bonchev–Trinajstić information content (AvgIpc) is 2.87. The summed E-state index contributed by atoms with van der Waals surface area (Å²) in [6.07, 6.45) is -2.79. The molecule has 1 aromatic carbocycles. The Balaban J connectivity index is 2.30. The van der Waals surface area contributed by atoms with Gasteiger partial charge in [0.05, 0.1) is 17.4 Å². The number of nitrogens with two attached hydrogens (primary N) is 1. The van der Waals surface area contributed by atoms with Crippen LogP contribution in [0.5, 0.6) is 0 Å². The number of halogens is 3. The lowest BCUT2D eigenvalue weighted by Gasteiger charge is -2.03. The van der Waals surface area contributed by atoms with Crippen molar-refractivity contribution in [1.82, 2.24) is 9.78 Å². The number of amidine groups is 1. The van der Waals surface area contributed by atoms with Gasteiger partial charge in [-0.2, -0.15) is 18.3 Å². The second kappa shape index (κ2) is 4.63. The smallest absolute Gasteiger partial charge is 0.409 e. The van der Waals surface area contributed by atoms with Crippen molar-refractivity contribution in [2.45, 2.75) is 6.18 Å². The predicted octanol–water partition coefficient (Wildman–Crippen LogP) is 1.99. The highest BCUT2D eigenvalue weighted by molar-refractivity contribution is 5.97. The summed E-state index contributed by atoms with van der Waals surface area (Å²) in [6, 6.07) is 6.06. The third kappa shape index (κ3) is 2.67. The van der Waals surface area contributed by atoms with E-state index >= 15 is 0 Å². The number of alkyl halides is 3. The van der Waals surface area contributed by atoms with Crippen LogP contribution in [0.25, 0.3) is 5.69 Å². The van der Waals surface area contributed by atoms with Gasteiger partial charge in [-0.05, 0) is 24.3 Å². The first-order valence-corrected chi connectivity index (χ1v) is 5.12. The van der Waals surface area contributed by atoms with Crippen LogP contribution in [0.15, 0.2) is 41.8 Å². The molecule has 0 spiro atoms. The van der Waals surface area contributed by atoms with E-state index in [0.717, 1.165) is 17.1 Å². The molecule has 0 aliphatic heterocycles. The van der Waals surface area contributed by atoms with E-state index in [0.29, 0.717) is 11.3 Å².